The Balaban J connectivity index is 0.000000292. The van der Waals surface area contributed by atoms with E-state index in [2.05, 4.69) is 0 Å². The van der Waals surface area contributed by atoms with E-state index in [-0.39, 0.29) is 32.7 Å². The standard InChI is InChI=1S/C11H16N.CHO2.Y/c1-3-8-4-2-6-10-11(8)9(5-1)7-12-10;2-1-3;/h9-10H,1-7H2;(H,2,3);/q2*-1;. The molecule has 16 heavy (non-hydrogen) atoms. The average molecular weight is 296 g/mol. The summed E-state index contributed by atoms with van der Waals surface area (Å²) >= 11 is 0. The third-order valence-corrected chi connectivity index (χ3v) is 3.74. The molecule has 0 aromatic rings. The maximum Gasteiger partial charge on any atom is 0 e. The first-order chi connectivity index (χ1) is 7.36. The van der Waals surface area contributed by atoms with Crippen LogP contribution < -0.4 is 0 Å². The summed E-state index contributed by atoms with van der Waals surface area (Å²) < 4.78 is 0. The molecule has 0 bridgehead atoms. The van der Waals surface area contributed by atoms with E-state index in [1.165, 1.54) is 38.5 Å². The molecule has 87 valence electrons. The third kappa shape index (κ3) is 2.93. The van der Waals surface area contributed by atoms with Gasteiger partial charge >= 0.3 is 0 Å². The van der Waals surface area contributed by atoms with Gasteiger partial charge in [0, 0.05) is 32.7 Å². The van der Waals surface area contributed by atoms with E-state index in [9.17, 15) is 0 Å². The Hall–Kier alpha value is 0.274. The molecular weight excluding hydrogens is 279 g/mol. The van der Waals surface area contributed by atoms with Gasteiger partial charge in [-0.3, -0.25) is 0 Å². The molecule has 0 amide bonds. The summed E-state index contributed by atoms with van der Waals surface area (Å²) in [6.07, 6.45) is 8.43. The molecule has 1 aliphatic heterocycles. The largest absolute Gasteiger partial charge is 0.665 e. The van der Waals surface area contributed by atoms with Gasteiger partial charge in [0.15, 0.2) is 0 Å². The van der Waals surface area contributed by atoms with Crippen molar-refractivity contribution in [2.75, 3.05) is 6.54 Å². The number of rotatable bonds is 0. The first kappa shape index (κ1) is 14.3. The summed E-state index contributed by atoms with van der Waals surface area (Å²) in [5, 5.41) is 11.5. The summed E-state index contributed by atoms with van der Waals surface area (Å²) in [5.41, 5.74) is 3.61. The van der Waals surface area contributed by atoms with Crippen LogP contribution in [0.1, 0.15) is 38.5 Å². The van der Waals surface area contributed by atoms with Gasteiger partial charge in [-0.1, -0.05) is 30.5 Å². The van der Waals surface area contributed by atoms with E-state index in [4.69, 9.17) is 15.2 Å². The second kappa shape index (κ2) is 6.88. The van der Waals surface area contributed by atoms with Crippen molar-refractivity contribution in [3.63, 3.8) is 0 Å². The van der Waals surface area contributed by atoms with Crippen LogP contribution in [0, 0.1) is 5.92 Å². The van der Waals surface area contributed by atoms with E-state index >= 15 is 0 Å². The summed E-state index contributed by atoms with van der Waals surface area (Å²) in [6, 6.07) is 0.680. The zero-order valence-corrected chi connectivity index (χ0v) is 12.3. The predicted octanol–water partition coefficient (Wildman–Crippen LogP) is 2.63. The number of nitrogens with zero attached hydrogens (tertiary/aromatic N) is 1. The molecule has 0 spiro atoms. The third-order valence-electron chi connectivity index (χ3n) is 3.74. The Labute approximate surface area is 122 Å². The number of allylic oxidation sites excluding steroid dienone is 1. The van der Waals surface area contributed by atoms with Crippen LogP contribution in [0.4, 0.5) is 0 Å². The summed E-state index contributed by atoms with van der Waals surface area (Å²) in [7, 11) is 0. The molecule has 0 saturated carbocycles. The molecule has 1 saturated heterocycles. The molecule has 0 aromatic carbocycles. The minimum absolute atomic E-state index is 0. The van der Waals surface area contributed by atoms with Crippen LogP contribution in [0.5, 0.6) is 0 Å². The van der Waals surface area contributed by atoms with Gasteiger partial charge in [0.1, 0.15) is 0 Å². The van der Waals surface area contributed by atoms with Gasteiger partial charge in [-0.05, 0) is 31.6 Å². The normalized spacial score (nSPS) is 30.8. The fourth-order valence-electron chi connectivity index (χ4n) is 3.23. The van der Waals surface area contributed by atoms with Crippen LogP contribution in [0.2, 0.25) is 0 Å². The van der Waals surface area contributed by atoms with Gasteiger partial charge < -0.3 is 15.2 Å². The quantitative estimate of drug-likeness (QED) is 0.552. The second-order valence-corrected chi connectivity index (χ2v) is 4.51. The Bertz CT molecular complexity index is 256. The Kier molecular flexibility index (Phi) is 6.16. The smallest absolute Gasteiger partial charge is 0 e. The second-order valence-electron chi connectivity index (χ2n) is 4.51. The van der Waals surface area contributed by atoms with Crippen molar-refractivity contribution in [3.8, 4) is 0 Å². The van der Waals surface area contributed by atoms with Crippen molar-refractivity contribution >= 4 is 6.47 Å². The number of aliphatic hydroxyl groups excluding tert-OH is 1. The van der Waals surface area contributed by atoms with Crippen molar-refractivity contribution in [1.82, 2.24) is 0 Å². The fraction of sp³-hybridized carbons (Fsp3) is 0.750. The van der Waals surface area contributed by atoms with Gasteiger partial charge in [0.25, 0.3) is 0 Å². The van der Waals surface area contributed by atoms with Crippen LogP contribution in [0.3, 0.4) is 0 Å². The van der Waals surface area contributed by atoms with Gasteiger partial charge in [-0.2, -0.15) is 0 Å². The topological polar surface area (TPSA) is 51.4 Å². The predicted molar refractivity (Wildman–Crippen MR) is 58.6 cm³/mol. The average Bonchev–Trinajstić information content (AvgIpc) is 2.66. The van der Waals surface area contributed by atoms with E-state index in [0.29, 0.717) is 12.5 Å². The molecule has 3 rings (SSSR count). The van der Waals surface area contributed by atoms with Crippen molar-refractivity contribution in [3.05, 3.63) is 16.5 Å². The van der Waals surface area contributed by atoms with Crippen molar-refractivity contribution in [1.29, 1.82) is 0 Å². The van der Waals surface area contributed by atoms with E-state index in [0.717, 1.165) is 12.5 Å². The minimum atomic E-state index is 0. The SMILES string of the molecule is C1CC2=C3C(C1)C[N-]C3CCC2.O=[C-]O.[Y]. The first-order valence-electron chi connectivity index (χ1n) is 5.76. The summed E-state index contributed by atoms with van der Waals surface area (Å²) in [5.74, 6) is 0.888. The first-order valence-corrected chi connectivity index (χ1v) is 5.76. The van der Waals surface area contributed by atoms with Crippen LogP contribution in [-0.4, -0.2) is 24.2 Å². The molecule has 2 atom stereocenters. The summed E-state index contributed by atoms with van der Waals surface area (Å²) in [6.45, 7) is 1.66. The van der Waals surface area contributed by atoms with Crippen molar-refractivity contribution < 1.29 is 42.6 Å². The molecule has 0 aromatic heterocycles. The molecule has 1 N–H and O–H groups in total. The van der Waals surface area contributed by atoms with E-state index < -0.39 is 0 Å². The van der Waals surface area contributed by atoms with Gasteiger partial charge in [0.2, 0.25) is 0 Å². The van der Waals surface area contributed by atoms with Crippen LogP contribution >= 0.6 is 0 Å². The fourth-order valence-corrected chi connectivity index (χ4v) is 3.23. The van der Waals surface area contributed by atoms with E-state index in [1.54, 1.807) is 5.57 Å². The van der Waals surface area contributed by atoms with Crippen molar-refractivity contribution in [2.45, 2.75) is 44.6 Å². The Morgan fingerprint density at radius 1 is 1.25 bits per heavy atom. The zero-order valence-electron chi connectivity index (χ0n) is 9.48. The van der Waals surface area contributed by atoms with Crippen LogP contribution in [0.15, 0.2) is 11.1 Å². The zero-order chi connectivity index (χ0) is 10.7. The van der Waals surface area contributed by atoms with E-state index in [1.807, 2.05) is 5.57 Å². The Morgan fingerprint density at radius 3 is 2.56 bits per heavy atom. The molecule has 4 heteroatoms. The van der Waals surface area contributed by atoms with Crippen LogP contribution in [-0.2, 0) is 37.5 Å². The minimum Gasteiger partial charge on any atom is -0.665 e. The monoisotopic (exact) mass is 296 g/mol. The van der Waals surface area contributed by atoms with Gasteiger partial charge in [0.05, 0.1) is 0 Å². The molecule has 1 radical (unpaired) electrons. The molecule has 1 fully saturated rings. The number of hydrogen-bond acceptors (Lipinski definition) is 1. The summed E-state index contributed by atoms with van der Waals surface area (Å²) in [4.78, 5) is 8.24. The molecular formula is C12H17NO2Y-2. The maximum absolute atomic E-state index is 8.24. The van der Waals surface area contributed by atoms with Gasteiger partial charge in [-0.15, -0.1) is 12.6 Å². The molecule has 3 nitrogen and oxygen atoms in total. The Morgan fingerprint density at radius 2 is 1.88 bits per heavy atom. The number of hydrogen-bond donors (Lipinski definition) is 1. The molecule has 1 heterocycles. The van der Waals surface area contributed by atoms with Crippen molar-refractivity contribution in [2.24, 2.45) is 5.92 Å². The van der Waals surface area contributed by atoms with Crippen LogP contribution in [0.25, 0.3) is 5.32 Å². The molecule has 3 aliphatic rings. The van der Waals surface area contributed by atoms with Gasteiger partial charge in [-0.25, -0.2) is 0 Å². The molecule has 2 aliphatic carbocycles. The molecule has 2 unspecified atom stereocenters. The maximum atomic E-state index is 8.24.